The Morgan fingerprint density at radius 3 is 2.55 bits per heavy atom. The lowest BCUT2D eigenvalue weighted by molar-refractivity contribution is -0.138. The van der Waals surface area contributed by atoms with Crippen LogP contribution in [-0.4, -0.2) is 15.9 Å². The van der Waals surface area contributed by atoms with Crippen molar-refractivity contribution in [3.63, 3.8) is 0 Å². The number of hydrogen-bond donors (Lipinski definition) is 1. The van der Waals surface area contributed by atoms with Gasteiger partial charge in [0.05, 0.1) is 23.4 Å². The molecule has 2 heterocycles. The molecule has 168 valence electrons. The molecule has 0 saturated heterocycles. The number of alkyl halides is 3. The van der Waals surface area contributed by atoms with Crippen LogP contribution in [0.15, 0.2) is 78.3 Å². The number of pyridine rings is 1. The molecule has 0 fully saturated rings. The number of carbonyl (C=O) groups is 1. The Kier molecular flexibility index (Phi) is 6.69. The number of ether oxygens (including phenoxy) is 1. The molecule has 0 aliphatic heterocycles. The van der Waals surface area contributed by atoms with Crippen molar-refractivity contribution < 1.29 is 22.7 Å². The number of thiazole rings is 1. The summed E-state index contributed by atoms with van der Waals surface area (Å²) in [4.78, 5) is 21.0. The molecule has 0 unspecified atom stereocenters. The Hall–Kier alpha value is -3.72. The van der Waals surface area contributed by atoms with E-state index in [2.05, 4.69) is 15.3 Å². The van der Waals surface area contributed by atoms with Crippen LogP contribution in [0.3, 0.4) is 0 Å². The molecule has 4 rings (SSSR count). The number of rotatable bonds is 7. The van der Waals surface area contributed by atoms with Crippen LogP contribution in [0.5, 0.6) is 5.75 Å². The first-order valence-corrected chi connectivity index (χ1v) is 10.8. The average molecular weight is 469 g/mol. The predicted octanol–water partition coefficient (Wildman–Crippen LogP) is 5.73. The highest BCUT2D eigenvalue weighted by atomic mass is 32.1. The minimum Gasteiger partial charge on any atom is -0.488 e. The number of nitrogens with zero attached hydrogens (tertiary/aromatic N) is 2. The van der Waals surface area contributed by atoms with Crippen molar-refractivity contribution in [3.8, 4) is 16.3 Å². The zero-order chi connectivity index (χ0) is 23.3. The van der Waals surface area contributed by atoms with Crippen LogP contribution in [0.1, 0.15) is 27.3 Å². The van der Waals surface area contributed by atoms with Gasteiger partial charge in [-0.15, -0.1) is 11.3 Å². The zero-order valence-corrected chi connectivity index (χ0v) is 18.0. The number of amides is 1. The van der Waals surface area contributed by atoms with Crippen molar-refractivity contribution in [1.29, 1.82) is 0 Å². The summed E-state index contributed by atoms with van der Waals surface area (Å²) in [6.07, 6.45) is -2.82. The summed E-state index contributed by atoms with van der Waals surface area (Å²) in [6.45, 7) is 0.0142. The maximum Gasteiger partial charge on any atom is 0.416 e. The van der Waals surface area contributed by atoms with Gasteiger partial charge in [0.2, 0.25) is 0 Å². The van der Waals surface area contributed by atoms with E-state index in [-0.39, 0.29) is 30.3 Å². The maximum atomic E-state index is 13.3. The summed E-state index contributed by atoms with van der Waals surface area (Å²) in [5, 5.41) is 4.92. The van der Waals surface area contributed by atoms with E-state index in [0.29, 0.717) is 16.3 Å². The molecule has 0 aliphatic carbocycles. The fourth-order valence-corrected chi connectivity index (χ4v) is 3.94. The van der Waals surface area contributed by atoms with Crippen LogP contribution in [-0.2, 0) is 19.3 Å². The lowest BCUT2D eigenvalue weighted by Crippen LogP contribution is -2.23. The van der Waals surface area contributed by atoms with Crippen LogP contribution in [0.2, 0.25) is 0 Å². The smallest absolute Gasteiger partial charge is 0.416 e. The Morgan fingerprint density at radius 1 is 1.00 bits per heavy atom. The second-order valence-corrected chi connectivity index (χ2v) is 7.84. The summed E-state index contributed by atoms with van der Waals surface area (Å²) >= 11 is 1.25. The van der Waals surface area contributed by atoms with Gasteiger partial charge in [-0.2, -0.15) is 13.2 Å². The van der Waals surface area contributed by atoms with Crippen molar-refractivity contribution >= 4 is 17.2 Å². The Balaban J connectivity index is 1.48. The monoisotopic (exact) mass is 469 g/mol. The van der Waals surface area contributed by atoms with Gasteiger partial charge in [0.15, 0.2) is 0 Å². The van der Waals surface area contributed by atoms with Crippen molar-refractivity contribution in [2.24, 2.45) is 0 Å². The number of aromatic nitrogens is 2. The number of nitrogens with one attached hydrogen (secondary N) is 1. The summed E-state index contributed by atoms with van der Waals surface area (Å²) in [5.41, 5.74) is 0.857. The van der Waals surface area contributed by atoms with Gasteiger partial charge >= 0.3 is 6.18 Å². The van der Waals surface area contributed by atoms with Crippen LogP contribution in [0, 0.1) is 0 Å². The quantitative estimate of drug-likeness (QED) is 0.375. The van der Waals surface area contributed by atoms with Crippen molar-refractivity contribution in [2.75, 3.05) is 0 Å². The summed E-state index contributed by atoms with van der Waals surface area (Å²) in [6, 6.07) is 17.6. The second kappa shape index (κ2) is 9.83. The molecule has 0 aliphatic rings. The molecule has 33 heavy (non-hydrogen) atoms. The van der Waals surface area contributed by atoms with E-state index in [4.69, 9.17) is 4.74 Å². The topological polar surface area (TPSA) is 64.1 Å². The Bertz CT molecular complexity index is 1240. The number of para-hydroxylation sites is 1. The molecule has 0 spiro atoms. The molecule has 0 saturated carbocycles. The zero-order valence-electron chi connectivity index (χ0n) is 17.2. The van der Waals surface area contributed by atoms with Crippen molar-refractivity contribution in [3.05, 3.63) is 101 Å². The minimum absolute atomic E-state index is 0.0357. The van der Waals surface area contributed by atoms with Gasteiger partial charge in [0.25, 0.3) is 5.91 Å². The van der Waals surface area contributed by atoms with E-state index < -0.39 is 11.7 Å². The van der Waals surface area contributed by atoms with Crippen LogP contribution >= 0.6 is 11.3 Å². The molecular formula is C24H18F3N3O2S. The lowest BCUT2D eigenvalue weighted by atomic mass is 10.1. The maximum absolute atomic E-state index is 13.3. The van der Waals surface area contributed by atoms with Crippen LogP contribution in [0.4, 0.5) is 13.2 Å². The largest absolute Gasteiger partial charge is 0.488 e. The highest BCUT2D eigenvalue weighted by Gasteiger charge is 2.33. The molecule has 2 aromatic heterocycles. The van der Waals surface area contributed by atoms with E-state index >= 15 is 0 Å². The normalized spacial score (nSPS) is 11.2. The number of benzene rings is 2. The molecule has 0 atom stereocenters. The molecule has 1 N–H and O–H groups in total. The SMILES string of the molecule is O=C(NCc1ccccn1)c1csc(-c2ccccc2OCc2ccccc2C(F)(F)F)n1. The third-order valence-corrected chi connectivity index (χ3v) is 5.59. The Labute approximate surface area is 191 Å². The van der Waals surface area contributed by atoms with Crippen LogP contribution in [0.25, 0.3) is 10.6 Å². The molecule has 0 radical (unpaired) electrons. The third-order valence-electron chi connectivity index (χ3n) is 4.72. The molecule has 2 aromatic carbocycles. The molecule has 0 bridgehead atoms. The predicted molar refractivity (Wildman–Crippen MR) is 119 cm³/mol. The number of halogens is 3. The van der Waals surface area contributed by atoms with Crippen LogP contribution < -0.4 is 10.1 Å². The van der Waals surface area contributed by atoms with Gasteiger partial charge in [-0.3, -0.25) is 9.78 Å². The third kappa shape index (κ3) is 5.56. The van der Waals surface area contributed by atoms with Gasteiger partial charge in [0, 0.05) is 17.1 Å². The lowest BCUT2D eigenvalue weighted by Gasteiger charge is -2.14. The highest BCUT2D eigenvalue weighted by molar-refractivity contribution is 7.13. The van der Waals surface area contributed by atoms with Gasteiger partial charge < -0.3 is 10.1 Å². The number of hydrogen-bond acceptors (Lipinski definition) is 5. The molecule has 5 nitrogen and oxygen atoms in total. The second-order valence-electron chi connectivity index (χ2n) is 6.98. The van der Waals surface area contributed by atoms with Crippen molar-refractivity contribution in [1.82, 2.24) is 15.3 Å². The highest BCUT2D eigenvalue weighted by Crippen LogP contribution is 2.35. The first kappa shape index (κ1) is 22.5. The summed E-state index contributed by atoms with van der Waals surface area (Å²) in [7, 11) is 0. The van der Waals surface area contributed by atoms with Gasteiger partial charge in [0.1, 0.15) is 23.1 Å². The van der Waals surface area contributed by atoms with E-state index in [9.17, 15) is 18.0 Å². The fraction of sp³-hybridized carbons (Fsp3) is 0.125. The van der Waals surface area contributed by atoms with Gasteiger partial charge in [-0.25, -0.2) is 4.98 Å². The van der Waals surface area contributed by atoms with E-state index in [1.165, 1.54) is 29.5 Å². The van der Waals surface area contributed by atoms with E-state index in [1.54, 1.807) is 48.0 Å². The van der Waals surface area contributed by atoms with Gasteiger partial charge in [-0.05, 0) is 30.3 Å². The standard InChI is InChI=1S/C24H18F3N3O2S/c25-24(26,27)19-10-3-1-7-16(19)14-32-21-11-4-2-9-18(21)23-30-20(15-33-23)22(31)29-13-17-8-5-6-12-28-17/h1-12,15H,13-14H2,(H,29,31). The molecule has 1 amide bonds. The van der Waals surface area contributed by atoms with E-state index in [0.717, 1.165) is 11.8 Å². The Morgan fingerprint density at radius 2 is 1.76 bits per heavy atom. The summed E-state index contributed by atoms with van der Waals surface area (Å²) in [5.74, 6) is 0.0323. The molecule has 9 heteroatoms. The van der Waals surface area contributed by atoms with Gasteiger partial charge in [-0.1, -0.05) is 36.4 Å². The average Bonchev–Trinajstić information content (AvgIpc) is 3.32. The number of carbonyl (C=O) groups excluding carboxylic acids is 1. The summed E-state index contributed by atoms with van der Waals surface area (Å²) < 4.78 is 45.5. The minimum atomic E-state index is -4.47. The van der Waals surface area contributed by atoms with E-state index in [1.807, 2.05) is 6.07 Å². The first-order chi connectivity index (χ1) is 15.9. The molecule has 4 aromatic rings. The first-order valence-electron chi connectivity index (χ1n) is 9.93. The fourth-order valence-electron chi connectivity index (χ4n) is 3.11. The van der Waals surface area contributed by atoms with Crippen molar-refractivity contribution in [2.45, 2.75) is 19.3 Å². The molecular weight excluding hydrogens is 451 g/mol.